The molecule has 0 atom stereocenters. The second-order valence-corrected chi connectivity index (χ2v) is 6.05. The van der Waals surface area contributed by atoms with Gasteiger partial charge in [0, 0.05) is 28.2 Å². The maximum atomic E-state index is 3.46. The molecular weight excluding hydrogens is 306 g/mol. The molecule has 2 rings (SSSR count). The number of hydrogen-bond acceptors (Lipinski definition) is 2. The molecule has 0 saturated heterocycles. The number of hydrogen-bond donors (Lipinski definition) is 1. The van der Waals surface area contributed by atoms with Crippen LogP contribution in [-0.4, -0.2) is 12.3 Å². The standard InChI is InChI=1S/C15H16BrNS/c16-14-8-6-13(7-9-14)12-17-10-11-18-15-4-2-1-3-5-15/h1-9,17H,10-12H2. The molecule has 2 aromatic carbocycles. The summed E-state index contributed by atoms with van der Waals surface area (Å²) in [4.78, 5) is 1.34. The summed E-state index contributed by atoms with van der Waals surface area (Å²) >= 11 is 5.33. The smallest absolute Gasteiger partial charge is 0.0205 e. The van der Waals surface area contributed by atoms with E-state index >= 15 is 0 Å². The predicted molar refractivity (Wildman–Crippen MR) is 83.0 cm³/mol. The zero-order chi connectivity index (χ0) is 12.6. The van der Waals surface area contributed by atoms with Gasteiger partial charge in [0.15, 0.2) is 0 Å². The van der Waals surface area contributed by atoms with Gasteiger partial charge in [-0.05, 0) is 29.8 Å². The van der Waals surface area contributed by atoms with Gasteiger partial charge in [0.05, 0.1) is 0 Å². The minimum Gasteiger partial charge on any atom is -0.312 e. The minimum absolute atomic E-state index is 0.933. The molecule has 0 spiro atoms. The van der Waals surface area contributed by atoms with Gasteiger partial charge in [-0.15, -0.1) is 11.8 Å². The molecule has 1 nitrogen and oxygen atoms in total. The monoisotopic (exact) mass is 321 g/mol. The van der Waals surface area contributed by atoms with Crippen LogP contribution in [-0.2, 0) is 6.54 Å². The predicted octanol–water partition coefficient (Wildman–Crippen LogP) is 4.33. The number of rotatable bonds is 6. The first-order valence-electron chi connectivity index (χ1n) is 5.97. The summed E-state index contributed by atoms with van der Waals surface area (Å²) in [5.41, 5.74) is 1.32. The first-order valence-corrected chi connectivity index (χ1v) is 7.75. The van der Waals surface area contributed by atoms with Crippen LogP contribution in [0.4, 0.5) is 0 Å². The van der Waals surface area contributed by atoms with Gasteiger partial charge >= 0.3 is 0 Å². The molecule has 3 heteroatoms. The first-order chi connectivity index (χ1) is 8.84. The van der Waals surface area contributed by atoms with Crippen molar-refractivity contribution >= 4 is 27.7 Å². The highest BCUT2D eigenvalue weighted by atomic mass is 79.9. The van der Waals surface area contributed by atoms with Gasteiger partial charge < -0.3 is 5.32 Å². The molecule has 2 aromatic rings. The molecule has 0 unspecified atom stereocenters. The highest BCUT2D eigenvalue weighted by Gasteiger charge is 1.94. The van der Waals surface area contributed by atoms with Crippen LogP contribution >= 0.6 is 27.7 Å². The van der Waals surface area contributed by atoms with Gasteiger partial charge in [-0.2, -0.15) is 0 Å². The number of nitrogens with one attached hydrogen (secondary N) is 1. The third kappa shape index (κ3) is 4.84. The van der Waals surface area contributed by atoms with E-state index in [0.29, 0.717) is 0 Å². The van der Waals surface area contributed by atoms with Crippen molar-refractivity contribution in [2.24, 2.45) is 0 Å². The normalized spacial score (nSPS) is 10.5. The van der Waals surface area contributed by atoms with Crippen molar-refractivity contribution in [3.05, 3.63) is 64.6 Å². The van der Waals surface area contributed by atoms with E-state index in [1.807, 2.05) is 11.8 Å². The maximum absolute atomic E-state index is 3.46. The lowest BCUT2D eigenvalue weighted by atomic mass is 10.2. The average Bonchev–Trinajstić information content (AvgIpc) is 2.42. The molecule has 0 aliphatic heterocycles. The quantitative estimate of drug-likeness (QED) is 0.627. The van der Waals surface area contributed by atoms with Crippen LogP contribution in [0.1, 0.15) is 5.56 Å². The van der Waals surface area contributed by atoms with Crippen LogP contribution in [0.25, 0.3) is 0 Å². The van der Waals surface area contributed by atoms with E-state index in [2.05, 4.69) is 75.8 Å². The SMILES string of the molecule is Brc1ccc(CNCCSc2ccccc2)cc1. The molecule has 0 amide bonds. The fourth-order valence-corrected chi connectivity index (χ4v) is 2.69. The van der Waals surface area contributed by atoms with E-state index < -0.39 is 0 Å². The molecule has 0 aromatic heterocycles. The van der Waals surface area contributed by atoms with Crippen LogP contribution in [0.3, 0.4) is 0 Å². The molecule has 0 fully saturated rings. The molecule has 0 heterocycles. The van der Waals surface area contributed by atoms with Crippen molar-refractivity contribution in [3.8, 4) is 0 Å². The highest BCUT2D eigenvalue weighted by molar-refractivity contribution is 9.10. The Bertz CT molecular complexity index is 456. The number of thioether (sulfide) groups is 1. The van der Waals surface area contributed by atoms with Gasteiger partial charge in [0.25, 0.3) is 0 Å². The van der Waals surface area contributed by atoms with Crippen molar-refractivity contribution in [1.82, 2.24) is 5.32 Å². The Kier molecular flexibility index (Phi) is 5.78. The molecule has 0 saturated carbocycles. The van der Waals surface area contributed by atoms with Gasteiger partial charge in [0.1, 0.15) is 0 Å². The fraction of sp³-hybridized carbons (Fsp3) is 0.200. The lowest BCUT2D eigenvalue weighted by Gasteiger charge is -2.05. The summed E-state index contributed by atoms with van der Waals surface area (Å²) in [5, 5.41) is 3.46. The summed E-state index contributed by atoms with van der Waals surface area (Å²) in [6, 6.07) is 19.0. The Balaban J connectivity index is 1.63. The van der Waals surface area contributed by atoms with Gasteiger partial charge in [-0.25, -0.2) is 0 Å². The van der Waals surface area contributed by atoms with E-state index in [4.69, 9.17) is 0 Å². The van der Waals surface area contributed by atoms with Crippen molar-refractivity contribution in [3.63, 3.8) is 0 Å². The van der Waals surface area contributed by atoms with Crippen molar-refractivity contribution in [2.75, 3.05) is 12.3 Å². The maximum Gasteiger partial charge on any atom is 0.0205 e. The first kappa shape index (κ1) is 13.7. The molecule has 0 bridgehead atoms. The molecule has 0 aliphatic carbocycles. The van der Waals surface area contributed by atoms with E-state index in [9.17, 15) is 0 Å². The Labute approximate surface area is 121 Å². The number of halogens is 1. The summed E-state index contributed by atoms with van der Waals surface area (Å²) in [7, 11) is 0. The van der Waals surface area contributed by atoms with Crippen LogP contribution in [0.2, 0.25) is 0 Å². The summed E-state index contributed by atoms with van der Waals surface area (Å²) < 4.78 is 1.13. The van der Waals surface area contributed by atoms with Gasteiger partial charge in [0.2, 0.25) is 0 Å². The Morgan fingerprint density at radius 2 is 1.67 bits per heavy atom. The Morgan fingerprint density at radius 3 is 2.39 bits per heavy atom. The lowest BCUT2D eigenvalue weighted by Crippen LogP contribution is -2.16. The molecule has 94 valence electrons. The van der Waals surface area contributed by atoms with E-state index in [-0.39, 0.29) is 0 Å². The van der Waals surface area contributed by atoms with Crippen LogP contribution in [0.5, 0.6) is 0 Å². The van der Waals surface area contributed by atoms with E-state index in [0.717, 1.165) is 23.3 Å². The Hall–Kier alpha value is -0.770. The van der Waals surface area contributed by atoms with Crippen molar-refractivity contribution in [2.45, 2.75) is 11.4 Å². The van der Waals surface area contributed by atoms with Gasteiger partial charge in [-0.3, -0.25) is 0 Å². The largest absolute Gasteiger partial charge is 0.312 e. The Morgan fingerprint density at radius 1 is 0.944 bits per heavy atom. The molecule has 0 radical (unpaired) electrons. The van der Waals surface area contributed by atoms with E-state index in [1.165, 1.54) is 10.5 Å². The van der Waals surface area contributed by atoms with Gasteiger partial charge in [-0.1, -0.05) is 46.3 Å². The zero-order valence-corrected chi connectivity index (χ0v) is 12.5. The van der Waals surface area contributed by atoms with Crippen LogP contribution in [0.15, 0.2) is 64.0 Å². The number of benzene rings is 2. The average molecular weight is 322 g/mol. The van der Waals surface area contributed by atoms with Crippen LogP contribution in [0, 0.1) is 0 Å². The summed E-state index contributed by atoms with van der Waals surface area (Å²) in [6.07, 6.45) is 0. The zero-order valence-electron chi connectivity index (χ0n) is 10.1. The lowest BCUT2D eigenvalue weighted by molar-refractivity contribution is 0.732. The van der Waals surface area contributed by atoms with Crippen molar-refractivity contribution in [1.29, 1.82) is 0 Å². The topological polar surface area (TPSA) is 12.0 Å². The highest BCUT2D eigenvalue weighted by Crippen LogP contribution is 2.16. The molecule has 1 N–H and O–H groups in total. The molecule has 0 aliphatic rings. The second kappa shape index (κ2) is 7.62. The summed E-state index contributed by atoms with van der Waals surface area (Å²) in [5.74, 6) is 1.10. The van der Waals surface area contributed by atoms with Crippen molar-refractivity contribution < 1.29 is 0 Å². The third-order valence-electron chi connectivity index (χ3n) is 2.53. The van der Waals surface area contributed by atoms with Crippen LogP contribution < -0.4 is 5.32 Å². The third-order valence-corrected chi connectivity index (χ3v) is 4.08. The summed E-state index contributed by atoms with van der Waals surface area (Å²) in [6.45, 7) is 1.96. The molecule has 18 heavy (non-hydrogen) atoms. The van der Waals surface area contributed by atoms with E-state index in [1.54, 1.807) is 0 Å². The second-order valence-electron chi connectivity index (χ2n) is 3.96. The fourth-order valence-electron chi connectivity index (χ4n) is 1.59. The molecular formula is C15H16BrNS. The minimum atomic E-state index is 0.933.